The van der Waals surface area contributed by atoms with Crippen LogP contribution in [0.1, 0.15) is 55.3 Å². The van der Waals surface area contributed by atoms with E-state index >= 15 is 0 Å². The van der Waals surface area contributed by atoms with Crippen LogP contribution >= 0.6 is 0 Å². The van der Waals surface area contributed by atoms with Gasteiger partial charge in [0.05, 0.1) is 23.8 Å². The summed E-state index contributed by atoms with van der Waals surface area (Å²) in [5.41, 5.74) is -0.509. The predicted octanol–water partition coefficient (Wildman–Crippen LogP) is 2.06. The summed E-state index contributed by atoms with van der Waals surface area (Å²) < 4.78 is 10.5. The second kappa shape index (κ2) is 8.39. The molecule has 0 bridgehead atoms. The lowest BCUT2D eigenvalue weighted by Gasteiger charge is -2.24. The van der Waals surface area contributed by atoms with Crippen LogP contribution in [0.5, 0.6) is 0 Å². The largest absolute Gasteiger partial charge is 0.444 e. The van der Waals surface area contributed by atoms with E-state index in [0.29, 0.717) is 5.06 Å². The highest BCUT2D eigenvalue weighted by molar-refractivity contribution is 6.20. The standard InChI is InChI=1S/C19H24N2O7/c1-11(2)26-10-14(20-18(25)27-19(3,4)5)17(24)28-21-15(22)12-8-6-7-9-13(12)16(21)23/h6-9,11,14H,10H2,1-5H3,(H,20,25)/t14-/m0/s1. The minimum absolute atomic E-state index is 0.135. The van der Waals surface area contributed by atoms with Gasteiger partial charge < -0.3 is 19.6 Å². The predicted molar refractivity (Wildman–Crippen MR) is 97.3 cm³/mol. The number of rotatable bonds is 6. The third kappa shape index (κ3) is 5.29. The van der Waals surface area contributed by atoms with E-state index in [4.69, 9.17) is 14.3 Å². The van der Waals surface area contributed by atoms with Gasteiger partial charge in [-0.2, -0.15) is 0 Å². The zero-order chi connectivity index (χ0) is 21.1. The molecule has 0 radical (unpaired) electrons. The average Bonchev–Trinajstić information content (AvgIpc) is 2.82. The van der Waals surface area contributed by atoms with Crippen molar-refractivity contribution >= 4 is 23.9 Å². The van der Waals surface area contributed by atoms with Crippen molar-refractivity contribution in [2.45, 2.75) is 52.4 Å². The number of nitrogens with zero attached hydrogens (tertiary/aromatic N) is 1. The lowest BCUT2D eigenvalue weighted by atomic mass is 10.1. The minimum Gasteiger partial charge on any atom is -0.444 e. The van der Waals surface area contributed by atoms with Crippen LogP contribution in [0.25, 0.3) is 0 Å². The Kier molecular flexibility index (Phi) is 6.40. The molecule has 1 heterocycles. The molecule has 1 N–H and O–H groups in total. The quantitative estimate of drug-likeness (QED) is 0.738. The maximum atomic E-state index is 12.5. The van der Waals surface area contributed by atoms with Crippen molar-refractivity contribution in [3.63, 3.8) is 0 Å². The molecule has 0 fully saturated rings. The van der Waals surface area contributed by atoms with Crippen molar-refractivity contribution in [1.29, 1.82) is 0 Å². The van der Waals surface area contributed by atoms with Crippen LogP contribution in [-0.2, 0) is 19.1 Å². The van der Waals surface area contributed by atoms with E-state index in [1.54, 1.807) is 46.8 Å². The number of imide groups is 1. The van der Waals surface area contributed by atoms with Gasteiger partial charge in [0.15, 0.2) is 6.04 Å². The van der Waals surface area contributed by atoms with Gasteiger partial charge in [0, 0.05) is 0 Å². The first-order valence-electron chi connectivity index (χ1n) is 8.80. The van der Waals surface area contributed by atoms with Crippen LogP contribution in [0.3, 0.4) is 0 Å². The lowest BCUT2D eigenvalue weighted by Crippen LogP contribution is -2.49. The SMILES string of the molecule is CC(C)OC[C@H](NC(=O)OC(C)(C)C)C(=O)ON1C(=O)c2ccccc2C1=O. The molecule has 1 aromatic carbocycles. The Morgan fingerprint density at radius 3 is 2.07 bits per heavy atom. The van der Waals surface area contributed by atoms with E-state index in [0.717, 1.165) is 0 Å². The van der Waals surface area contributed by atoms with Crippen molar-refractivity contribution in [3.8, 4) is 0 Å². The summed E-state index contributed by atoms with van der Waals surface area (Å²) in [5, 5.41) is 2.72. The summed E-state index contributed by atoms with van der Waals surface area (Å²) in [6.07, 6.45) is -1.08. The number of hydroxylamine groups is 2. The number of hydrogen-bond acceptors (Lipinski definition) is 7. The van der Waals surface area contributed by atoms with Gasteiger partial charge in [-0.1, -0.05) is 17.2 Å². The fraction of sp³-hybridized carbons (Fsp3) is 0.474. The smallest absolute Gasteiger partial charge is 0.408 e. The summed E-state index contributed by atoms with van der Waals surface area (Å²) in [6, 6.07) is 4.84. The Morgan fingerprint density at radius 1 is 1.07 bits per heavy atom. The van der Waals surface area contributed by atoms with Gasteiger partial charge >= 0.3 is 12.1 Å². The van der Waals surface area contributed by atoms with Crippen molar-refractivity contribution in [3.05, 3.63) is 35.4 Å². The average molecular weight is 392 g/mol. The molecule has 0 aliphatic carbocycles. The van der Waals surface area contributed by atoms with Crippen LogP contribution in [-0.4, -0.2) is 53.3 Å². The monoisotopic (exact) mass is 392 g/mol. The highest BCUT2D eigenvalue weighted by atomic mass is 16.7. The molecule has 1 aromatic rings. The van der Waals surface area contributed by atoms with E-state index in [9.17, 15) is 19.2 Å². The van der Waals surface area contributed by atoms with Crippen molar-refractivity contribution < 1.29 is 33.5 Å². The number of ether oxygens (including phenoxy) is 2. The molecule has 3 amide bonds. The van der Waals surface area contributed by atoms with Gasteiger partial charge in [0.25, 0.3) is 11.8 Å². The molecule has 0 unspecified atom stereocenters. The van der Waals surface area contributed by atoms with Crippen LogP contribution in [0.4, 0.5) is 4.79 Å². The Labute approximate surface area is 162 Å². The number of amides is 3. The molecule has 1 atom stereocenters. The summed E-state index contributed by atoms with van der Waals surface area (Å²) in [5.74, 6) is -2.54. The van der Waals surface area contributed by atoms with E-state index in [2.05, 4.69) is 5.32 Å². The second-order valence-corrected chi connectivity index (χ2v) is 7.44. The maximum Gasteiger partial charge on any atom is 0.408 e. The van der Waals surface area contributed by atoms with Crippen molar-refractivity contribution in [1.82, 2.24) is 10.4 Å². The van der Waals surface area contributed by atoms with Gasteiger partial charge in [-0.15, -0.1) is 0 Å². The number of carbonyl (C=O) groups excluding carboxylic acids is 4. The number of fused-ring (bicyclic) bond motifs is 1. The van der Waals surface area contributed by atoms with E-state index in [-0.39, 0.29) is 23.8 Å². The third-order valence-corrected chi connectivity index (χ3v) is 3.51. The molecule has 0 saturated carbocycles. The zero-order valence-electron chi connectivity index (χ0n) is 16.5. The molecule has 0 spiro atoms. The zero-order valence-corrected chi connectivity index (χ0v) is 16.5. The topological polar surface area (TPSA) is 111 Å². The van der Waals surface area contributed by atoms with Crippen LogP contribution < -0.4 is 5.32 Å². The Hall–Kier alpha value is -2.94. The summed E-state index contributed by atoms with van der Waals surface area (Å²) >= 11 is 0. The molecular formula is C19H24N2O7. The van der Waals surface area contributed by atoms with E-state index in [1.807, 2.05) is 0 Å². The fourth-order valence-corrected chi connectivity index (χ4v) is 2.31. The first-order valence-corrected chi connectivity index (χ1v) is 8.80. The molecule has 28 heavy (non-hydrogen) atoms. The Bertz CT molecular complexity index is 748. The molecule has 152 valence electrons. The van der Waals surface area contributed by atoms with Gasteiger partial charge in [-0.3, -0.25) is 9.59 Å². The minimum atomic E-state index is -1.28. The van der Waals surface area contributed by atoms with E-state index in [1.165, 1.54) is 12.1 Å². The van der Waals surface area contributed by atoms with Gasteiger partial charge in [-0.25, -0.2) is 9.59 Å². The van der Waals surface area contributed by atoms with Crippen LogP contribution in [0.15, 0.2) is 24.3 Å². The summed E-state index contributed by atoms with van der Waals surface area (Å²) in [4.78, 5) is 54.2. The Balaban J connectivity index is 2.11. The third-order valence-electron chi connectivity index (χ3n) is 3.51. The number of carbonyl (C=O) groups is 4. The molecule has 0 aromatic heterocycles. The van der Waals surface area contributed by atoms with E-state index < -0.39 is 35.5 Å². The molecule has 1 aliphatic rings. The fourth-order valence-electron chi connectivity index (χ4n) is 2.31. The summed E-state index contributed by atoms with van der Waals surface area (Å²) in [6.45, 7) is 8.29. The molecule has 2 rings (SSSR count). The number of nitrogens with one attached hydrogen (secondary N) is 1. The summed E-state index contributed by atoms with van der Waals surface area (Å²) in [7, 11) is 0. The number of hydrogen-bond donors (Lipinski definition) is 1. The second-order valence-electron chi connectivity index (χ2n) is 7.44. The van der Waals surface area contributed by atoms with Crippen LogP contribution in [0.2, 0.25) is 0 Å². The lowest BCUT2D eigenvalue weighted by molar-refractivity contribution is -0.173. The van der Waals surface area contributed by atoms with Crippen molar-refractivity contribution in [2.24, 2.45) is 0 Å². The first-order chi connectivity index (χ1) is 13.0. The normalized spacial score (nSPS) is 14.7. The maximum absolute atomic E-state index is 12.5. The molecule has 9 heteroatoms. The number of benzene rings is 1. The highest BCUT2D eigenvalue weighted by Crippen LogP contribution is 2.23. The highest BCUT2D eigenvalue weighted by Gasteiger charge is 2.40. The first kappa shape index (κ1) is 21.4. The van der Waals surface area contributed by atoms with Crippen molar-refractivity contribution in [2.75, 3.05) is 6.61 Å². The Morgan fingerprint density at radius 2 is 1.61 bits per heavy atom. The molecule has 1 aliphatic heterocycles. The van der Waals surface area contributed by atoms with Crippen LogP contribution in [0, 0.1) is 0 Å². The molecule has 0 saturated heterocycles. The van der Waals surface area contributed by atoms with Gasteiger partial charge in [0.2, 0.25) is 0 Å². The van der Waals surface area contributed by atoms with Gasteiger partial charge in [-0.05, 0) is 46.8 Å². The number of alkyl carbamates (subject to hydrolysis) is 1. The molecular weight excluding hydrogens is 368 g/mol. The van der Waals surface area contributed by atoms with Gasteiger partial charge in [0.1, 0.15) is 5.60 Å². The molecule has 9 nitrogen and oxygen atoms in total.